The van der Waals surface area contributed by atoms with Gasteiger partial charge in [-0.1, -0.05) is 20.8 Å². The molecule has 0 aromatic carbocycles. The molecule has 3 N–H and O–H groups in total. The van der Waals surface area contributed by atoms with E-state index in [1.54, 1.807) is 0 Å². The molecule has 4 aliphatic rings. The lowest BCUT2D eigenvalue weighted by molar-refractivity contribution is -0.201. The fourth-order valence-corrected chi connectivity index (χ4v) is 9.04. The molecule has 0 aromatic rings. The van der Waals surface area contributed by atoms with Crippen LogP contribution in [0.3, 0.4) is 0 Å². The number of carbonyl (C=O) groups is 1. The first-order valence-corrected chi connectivity index (χ1v) is 13.7. The Balaban J connectivity index is 1.51. The Bertz CT molecular complexity index is 828. The van der Waals surface area contributed by atoms with E-state index in [1.165, 1.54) is 0 Å². The molecule has 4 rings (SSSR count). The maximum absolute atomic E-state index is 12.1. The molecule has 0 radical (unpaired) electrons. The fraction of sp³-hybridized carbons (Fsp3) is 0.958. The molecule has 32 heavy (non-hydrogen) atoms. The molecule has 0 aliphatic heterocycles. The molecule has 8 heteroatoms. The molecule has 4 fully saturated rings. The minimum absolute atomic E-state index is 0.0109. The van der Waals surface area contributed by atoms with Gasteiger partial charge in [-0.2, -0.15) is 8.42 Å². The Kier molecular flexibility index (Phi) is 6.60. The number of fused-ring (bicyclic) bond motifs is 5. The molecule has 7 nitrogen and oxygen atoms in total. The first kappa shape index (κ1) is 24.6. The van der Waals surface area contributed by atoms with Gasteiger partial charge in [0.15, 0.2) is 0 Å². The van der Waals surface area contributed by atoms with E-state index in [4.69, 9.17) is 4.55 Å². The van der Waals surface area contributed by atoms with Crippen molar-refractivity contribution in [2.75, 3.05) is 6.61 Å². The molecule has 0 saturated heterocycles. The van der Waals surface area contributed by atoms with Crippen LogP contribution in [0.5, 0.6) is 0 Å². The molecule has 0 bridgehead atoms. The van der Waals surface area contributed by atoms with Gasteiger partial charge in [0.1, 0.15) is 5.78 Å². The summed E-state index contributed by atoms with van der Waals surface area (Å²) in [7, 11) is -4.41. The Morgan fingerprint density at radius 1 is 1.16 bits per heavy atom. The number of hydrogen-bond donors (Lipinski definition) is 3. The lowest BCUT2D eigenvalue weighted by Gasteiger charge is -2.63. The minimum atomic E-state index is -4.41. The average Bonchev–Trinajstić information content (AvgIpc) is 3.05. The van der Waals surface area contributed by atoms with Crippen molar-refractivity contribution in [3.8, 4) is 0 Å². The smallest absolute Gasteiger partial charge is 0.393 e. The molecule has 0 heterocycles. The number of aliphatic hydroxyl groups is 2. The van der Waals surface area contributed by atoms with Gasteiger partial charge in [-0.3, -0.25) is 9.35 Å². The number of carbonyl (C=O) groups excluding carboxylic acids is 1. The van der Waals surface area contributed by atoms with Crippen molar-refractivity contribution < 1.29 is 32.2 Å². The summed E-state index contributed by atoms with van der Waals surface area (Å²) in [4.78, 5) is 12.1. The Labute approximate surface area is 192 Å². The summed E-state index contributed by atoms with van der Waals surface area (Å²) in [5.74, 6) is 1.76. The molecular formula is C24H40O7S. The lowest BCUT2D eigenvalue weighted by atomic mass is 9.43. The third-order valence-corrected chi connectivity index (χ3v) is 10.9. The van der Waals surface area contributed by atoms with Crippen LogP contribution >= 0.6 is 0 Å². The number of hydrogen-bond acceptors (Lipinski definition) is 6. The van der Waals surface area contributed by atoms with Gasteiger partial charge in [0.2, 0.25) is 0 Å². The second-order valence-electron chi connectivity index (χ2n) is 11.7. The van der Waals surface area contributed by atoms with Gasteiger partial charge in [-0.15, -0.1) is 0 Å². The van der Waals surface area contributed by atoms with Crippen LogP contribution in [0.2, 0.25) is 0 Å². The van der Waals surface area contributed by atoms with Gasteiger partial charge >= 0.3 is 10.4 Å². The van der Waals surface area contributed by atoms with Crippen molar-refractivity contribution >= 4 is 16.2 Å². The van der Waals surface area contributed by atoms with E-state index in [0.717, 1.165) is 25.7 Å². The van der Waals surface area contributed by atoms with Gasteiger partial charge in [0, 0.05) is 12.8 Å². The van der Waals surface area contributed by atoms with E-state index in [-0.39, 0.29) is 47.0 Å². The van der Waals surface area contributed by atoms with Crippen LogP contribution in [0.1, 0.15) is 78.6 Å². The minimum Gasteiger partial charge on any atom is -0.393 e. The summed E-state index contributed by atoms with van der Waals surface area (Å²) >= 11 is 0. The molecular weight excluding hydrogens is 432 g/mol. The van der Waals surface area contributed by atoms with Crippen LogP contribution in [0.25, 0.3) is 0 Å². The second kappa shape index (κ2) is 8.59. The molecule has 0 spiro atoms. The topological polar surface area (TPSA) is 121 Å². The second-order valence-corrected chi connectivity index (χ2v) is 12.8. The zero-order chi connectivity index (χ0) is 23.5. The lowest BCUT2D eigenvalue weighted by Crippen LogP contribution is -2.62. The highest BCUT2D eigenvalue weighted by atomic mass is 32.3. The predicted molar refractivity (Wildman–Crippen MR) is 119 cm³/mol. The SMILES string of the molecule is C[C@H](CCCOS(=O)(=O)O)[C@H]1CC[C@H]2[C@@H]3[C@H](O)C[C@@H]4CC(=O)CC[C@]4(C)[C@H]3C[C@H](O)[C@]12C. The summed E-state index contributed by atoms with van der Waals surface area (Å²) in [5, 5.41) is 22.8. The van der Waals surface area contributed by atoms with E-state index in [9.17, 15) is 23.4 Å². The maximum Gasteiger partial charge on any atom is 0.397 e. The highest BCUT2D eigenvalue weighted by Crippen LogP contribution is 2.68. The van der Waals surface area contributed by atoms with Crippen molar-refractivity contribution in [2.45, 2.75) is 90.8 Å². The fourth-order valence-electron chi connectivity index (χ4n) is 8.72. The summed E-state index contributed by atoms with van der Waals surface area (Å²) in [6.45, 7) is 6.62. The monoisotopic (exact) mass is 472 g/mol. The first-order chi connectivity index (χ1) is 14.9. The van der Waals surface area contributed by atoms with E-state index in [1.807, 2.05) is 0 Å². The van der Waals surface area contributed by atoms with Crippen molar-refractivity contribution in [3.05, 3.63) is 0 Å². The van der Waals surface area contributed by atoms with Crippen LogP contribution in [-0.4, -0.2) is 47.8 Å². The van der Waals surface area contributed by atoms with Crippen LogP contribution in [0.15, 0.2) is 0 Å². The molecule has 184 valence electrons. The number of aliphatic hydroxyl groups excluding tert-OH is 2. The third-order valence-electron chi connectivity index (χ3n) is 10.4. The van der Waals surface area contributed by atoms with E-state index in [2.05, 4.69) is 25.0 Å². The van der Waals surface area contributed by atoms with Crippen molar-refractivity contribution in [1.29, 1.82) is 0 Å². The standard InChI is InChI=1S/C24H40O7S/c1-14(5-4-10-31-32(28,29)30)17-6-7-18-22-19(13-21(27)24(17,18)3)23(2)9-8-16(25)11-15(23)12-20(22)26/h14-15,17-22,26-27H,4-13H2,1-3H3,(H,28,29,30)/t14-,15+,17-,18+,19+,20-,21+,22+,23+,24-/m1/s1. The molecule has 0 amide bonds. The maximum atomic E-state index is 12.1. The average molecular weight is 473 g/mol. The first-order valence-electron chi connectivity index (χ1n) is 12.4. The van der Waals surface area contributed by atoms with Crippen LogP contribution in [-0.2, 0) is 19.4 Å². The number of ketones is 1. The van der Waals surface area contributed by atoms with E-state index < -0.39 is 22.6 Å². The number of rotatable bonds is 6. The van der Waals surface area contributed by atoms with Crippen molar-refractivity contribution in [1.82, 2.24) is 0 Å². The molecule has 0 aromatic heterocycles. The van der Waals surface area contributed by atoms with E-state index in [0.29, 0.717) is 43.8 Å². The van der Waals surface area contributed by atoms with Gasteiger partial charge < -0.3 is 10.2 Å². The predicted octanol–water partition coefficient (Wildman–Crippen LogP) is 3.39. The zero-order valence-electron chi connectivity index (χ0n) is 19.6. The number of Topliss-reactive ketones (excluding diaryl/α,β-unsaturated/α-hetero) is 1. The largest absolute Gasteiger partial charge is 0.397 e. The molecule has 4 aliphatic carbocycles. The Morgan fingerprint density at radius 2 is 1.88 bits per heavy atom. The van der Waals surface area contributed by atoms with Crippen LogP contribution < -0.4 is 0 Å². The van der Waals surface area contributed by atoms with Crippen molar-refractivity contribution in [3.63, 3.8) is 0 Å². The van der Waals surface area contributed by atoms with Gasteiger partial charge in [-0.25, -0.2) is 4.18 Å². The van der Waals surface area contributed by atoms with Gasteiger partial charge in [-0.05, 0) is 91.3 Å². The molecule has 10 atom stereocenters. The van der Waals surface area contributed by atoms with Crippen LogP contribution in [0, 0.1) is 46.3 Å². The summed E-state index contributed by atoms with van der Waals surface area (Å²) in [6, 6.07) is 0. The highest BCUT2D eigenvalue weighted by Gasteiger charge is 2.65. The van der Waals surface area contributed by atoms with Crippen molar-refractivity contribution in [2.24, 2.45) is 46.3 Å². The Morgan fingerprint density at radius 3 is 2.56 bits per heavy atom. The highest BCUT2D eigenvalue weighted by molar-refractivity contribution is 7.80. The summed E-state index contributed by atoms with van der Waals surface area (Å²) < 4.78 is 34.8. The third kappa shape index (κ3) is 4.08. The quantitative estimate of drug-likeness (QED) is 0.400. The summed E-state index contributed by atoms with van der Waals surface area (Å²) in [6.07, 6.45) is 5.84. The van der Waals surface area contributed by atoms with Gasteiger partial charge in [0.25, 0.3) is 0 Å². The molecule has 0 unspecified atom stereocenters. The van der Waals surface area contributed by atoms with Crippen LogP contribution in [0.4, 0.5) is 0 Å². The molecule has 4 saturated carbocycles. The normalized spacial score (nSPS) is 47.4. The van der Waals surface area contributed by atoms with Gasteiger partial charge in [0.05, 0.1) is 18.8 Å². The van der Waals surface area contributed by atoms with E-state index >= 15 is 0 Å². The summed E-state index contributed by atoms with van der Waals surface area (Å²) in [5.41, 5.74) is -0.268. The Hall–Kier alpha value is -0.540. The zero-order valence-corrected chi connectivity index (χ0v) is 20.4.